The molecule has 0 amide bonds. The molecule has 0 bridgehead atoms. The summed E-state index contributed by atoms with van der Waals surface area (Å²) in [7, 11) is 2.15. The summed E-state index contributed by atoms with van der Waals surface area (Å²) in [6, 6.07) is 2.24. The number of thiophene rings is 1. The number of anilines is 1. The summed E-state index contributed by atoms with van der Waals surface area (Å²) in [5.74, 6) is 0. The molecule has 0 saturated heterocycles. The van der Waals surface area contributed by atoms with E-state index in [9.17, 15) is 0 Å². The van der Waals surface area contributed by atoms with Gasteiger partial charge in [0.05, 0.1) is 10.0 Å². The molecular weight excluding hydrogens is 222 g/mol. The second-order valence-corrected chi connectivity index (χ2v) is 5.24. The number of hydrogen-bond acceptors (Lipinski definition) is 3. The normalized spacial score (nSPS) is 16.3. The molecule has 1 nitrogen and oxygen atoms in total. The molecule has 1 aromatic heterocycles. The molecule has 0 radical (unpaired) electrons. The number of nitrogens with zero attached hydrogens (tertiary/aromatic N) is 1. The summed E-state index contributed by atoms with van der Waals surface area (Å²) in [5.41, 5.74) is 2.83. The number of aryl methyl sites for hydroxylation is 1. The van der Waals surface area contributed by atoms with E-state index < -0.39 is 0 Å². The third kappa shape index (κ3) is 1.86. The van der Waals surface area contributed by atoms with E-state index in [0.717, 1.165) is 12.8 Å². The lowest BCUT2D eigenvalue weighted by Gasteiger charge is -2.20. The lowest BCUT2D eigenvalue weighted by Crippen LogP contribution is -2.14. The minimum Gasteiger partial charge on any atom is -0.331 e. The van der Waals surface area contributed by atoms with E-state index in [4.69, 9.17) is 0 Å². The van der Waals surface area contributed by atoms with Crippen LogP contribution in [0.1, 0.15) is 12.0 Å². The van der Waals surface area contributed by atoms with Gasteiger partial charge in [0.1, 0.15) is 0 Å². The first-order valence-corrected chi connectivity index (χ1v) is 7.08. The van der Waals surface area contributed by atoms with Crippen LogP contribution in [0.25, 0.3) is 0 Å². The molecule has 0 atom stereocenters. The number of thioether (sulfide) groups is 1. The van der Waals surface area contributed by atoms with Gasteiger partial charge in [-0.25, -0.2) is 0 Å². The van der Waals surface area contributed by atoms with Crippen molar-refractivity contribution in [3.63, 3.8) is 0 Å². The number of hydrogen-bond donors (Lipinski definition) is 0. The van der Waals surface area contributed by atoms with Crippen molar-refractivity contribution in [2.24, 2.45) is 0 Å². The van der Waals surface area contributed by atoms with Gasteiger partial charge in [-0.05, 0) is 41.7 Å². The minimum absolute atomic E-state index is 1.10. The monoisotopic (exact) mass is 237 g/mol. The molecule has 3 heteroatoms. The predicted octanol–water partition coefficient (Wildman–Crippen LogP) is 3.89. The van der Waals surface area contributed by atoms with Crippen molar-refractivity contribution in [1.29, 1.82) is 0 Å². The van der Waals surface area contributed by atoms with Crippen LogP contribution in [0.4, 0.5) is 5.00 Å². The summed E-state index contributed by atoms with van der Waals surface area (Å²) in [6.07, 6.45) is 6.37. The van der Waals surface area contributed by atoms with Crippen LogP contribution in [0, 0.1) is 0 Å². The van der Waals surface area contributed by atoms with Crippen LogP contribution in [0.5, 0.6) is 0 Å². The Morgan fingerprint density at radius 2 is 2.33 bits per heavy atom. The summed E-state index contributed by atoms with van der Waals surface area (Å²) in [5, 5.41) is 4.90. The lowest BCUT2D eigenvalue weighted by molar-refractivity contribution is 0.981. The number of rotatable bonds is 2. The molecule has 0 unspecified atom stereocenters. The molecule has 1 aromatic rings. The Bertz CT molecular complexity index is 404. The standard InChI is InChI=1S/C12H15NS2/c1-4-9-5-6-10-7-8-15-12(10)13(2)11(9)14-3/h4,7-8H,1,5-6H2,2-3H3. The highest BCUT2D eigenvalue weighted by atomic mass is 32.2. The molecule has 0 aromatic carbocycles. The molecule has 0 saturated carbocycles. The third-order valence-corrected chi connectivity index (χ3v) is 4.67. The van der Waals surface area contributed by atoms with Gasteiger partial charge >= 0.3 is 0 Å². The SMILES string of the molecule is C=CC1=C(SC)N(C)c2sccc2CC1. The lowest BCUT2D eigenvalue weighted by atomic mass is 10.1. The molecule has 0 aliphatic carbocycles. The van der Waals surface area contributed by atoms with Crippen molar-refractivity contribution in [2.45, 2.75) is 12.8 Å². The maximum Gasteiger partial charge on any atom is 0.0987 e. The van der Waals surface area contributed by atoms with E-state index in [1.165, 1.54) is 21.2 Å². The zero-order valence-electron chi connectivity index (χ0n) is 9.12. The van der Waals surface area contributed by atoms with Crippen molar-refractivity contribution in [1.82, 2.24) is 0 Å². The minimum atomic E-state index is 1.10. The van der Waals surface area contributed by atoms with Crippen LogP contribution in [-0.2, 0) is 6.42 Å². The Balaban J connectivity index is 2.47. The largest absolute Gasteiger partial charge is 0.331 e. The third-order valence-electron chi connectivity index (χ3n) is 2.71. The molecule has 2 rings (SSSR count). The highest BCUT2D eigenvalue weighted by Gasteiger charge is 2.19. The van der Waals surface area contributed by atoms with E-state index in [2.05, 4.69) is 36.2 Å². The summed E-state index contributed by atoms with van der Waals surface area (Å²) < 4.78 is 0. The first-order chi connectivity index (χ1) is 7.27. The van der Waals surface area contributed by atoms with Crippen LogP contribution in [-0.4, -0.2) is 13.3 Å². The van der Waals surface area contributed by atoms with Gasteiger partial charge in [0, 0.05) is 7.05 Å². The zero-order chi connectivity index (χ0) is 10.8. The van der Waals surface area contributed by atoms with Crippen molar-refractivity contribution < 1.29 is 0 Å². The van der Waals surface area contributed by atoms with Gasteiger partial charge in [0.15, 0.2) is 0 Å². The average molecular weight is 237 g/mol. The van der Waals surface area contributed by atoms with Gasteiger partial charge in [0.2, 0.25) is 0 Å². The maximum atomic E-state index is 3.91. The van der Waals surface area contributed by atoms with Crippen LogP contribution in [0.15, 0.2) is 34.7 Å². The summed E-state index contributed by atoms with van der Waals surface area (Å²) >= 11 is 3.63. The summed E-state index contributed by atoms with van der Waals surface area (Å²) in [6.45, 7) is 3.91. The van der Waals surface area contributed by atoms with Crippen molar-refractivity contribution >= 4 is 28.1 Å². The van der Waals surface area contributed by atoms with Crippen molar-refractivity contribution in [3.8, 4) is 0 Å². The number of fused-ring (bicyclic) bond motifs is 1. The average Bonchev–Trinajstić information content (AvgIpc) is 2.67. The van der Waals surface area contributed by atoms with Crippen LogP contribution < -0.4 is 4.90 Å². The highest BCUT2D eigenvalue weighted by Crippen LogP contribution is 2.38. The smallest absolute Gasteiger partial charge is 0.0987 e. The molecule has 1 aliphatic rings. The van der Waals surface area contributed by atoms with E-state index >= 15 is 0 Å². The second-order valence-electron chi connectivity index (χ2n) is 3.55. The van der Waals surface area contributed by atoms with Crippen LogP contribution in [0.2, 0.25) is 0 Å². The van der Waals surface area contributed by atoms with Gasteiger partial charge in [0.25, 0.3) is 0 Å². The molecule has 80 valence electrons. The Hall–Kier alpha value is -0.670. The van der Waals surface area contributed by atoms with Gasteiger partial charge < -0.3 is 4.90 Å². The van der Waals surface area contributed by atoms with E-state index in [0.29, 0.717) is 0 Å². The van der Waals surface area contributed by atoms with E-state index in [1.807, 2.05) is 29.2 Å². The fourth-order valence-electron chi connectivity index (χ4n) is 1.95. The maximum absolute atomic E-state index is 3.91. The van der Waals surface area contributed by atoms with Gasteiger partial charge in [-0.2, -0.15) is 0 Å². The van der Waals surface area contributed by atoms with Crippen LogP contribution >= 0.6 is 23.1 Å². The van der Waals surface area contributed by atoms with Crippen molar-refractivity contribution in [2.75, 3.05) is 18.2 Å². The second kappa shape index (κ2) is 4.45. The fraction of sp³-hybridized carbons (Fsp3) is 0.333. The van der Waals surface area contributed by atoms with Crippen LogP contribution in [0.3, 0.4) is 0 Å². The topological polar surface area (TPSA) is 3.24 Å². The molecule has 0 spiro atoms. The first-order valence-electron chi connectivity index (χ1n) is 4.97. The molecule has 1 aliphatic heterocycles. The Morgan fingerprint density at radius 3 is 3.00 bits per heavy atom. The predicted molar refractivity (Wildman–Crippen MR) is 71.8 cm³/mol. The van der Waals surface area contributed by atoms with E-state index in [-0.39, 0.29) is 0 Å². The van der Waals surface area contributed by atoms with E-state index in [1.54, 1.807) is 0 Å². The fourth-order valence-corrected chi connectivity index (χ4v) is 3.76. The van der Waals surface area contributed by atoms with Crippen molar-refractivity contribution in [3.05, 3.63) is 40.3 Å². The summed E-state index contributed by atoms with van der Waals surface area (Å²) in [4.78, 5) is 2.30. The molecule has 15 heavy (non-hydrogen) atoms. The molecule has 2 heterocycles. The Morgan fingerprint density at radius 1 is 1.53 bits per heavy atom. The Kier molecular flexibility index (Phi) is 3.22. The first kappa shape index (κ1) is 10.8. The molecular formula is C12H15NS2. The Labute approximate surface area is 99.5 Å². The molecule has 0 fully saturated rings. The quantitative estimate of drug-likeness (QED) is 0.767. The zero-order valence-corrected chi connectivity index (χ0v) is 10.8. The highest BCUT2D eigenvalue weighted by molar-refractivity contribution is 8.02. The van der Waals surface area contributed by atoms with Gasteiger partial charge in [-0.3, -0.25) is 0 Å². The van der Waals surface area contributed by atoms with Gasteiger partial charge in [-0.15, -0.1) is 23.1 Å². The molecule has 0 N–H and O–H groups in total. The number of allylic oxidation sites excluding steroid dienone is 2. The van der Waals surface area contributed by atoms with Gasteiger partial charge in [-0.1, -0.05) is 12.7 Å².